The van der Waals surface area contributed by atoms with Crippen LogP contribution in [-0.4, -0.2) is 9.78 Å². The van der Waals surface area contributed by atoms with Gasteiger partial charge in [0.2, 0.25) is 0 Å². The van der Waals surface area contributed by atoms with Crippen LogP contribution >= 0.6 is 11.6 Å². The van der Waals surface area contributed by atoms with E-state index in [2.05, 4.69) is 5.10 Å². The van der Waals surface area contributed by atoms with Gasteiger partial charge >= 0.3 is 0 Å². The number of hydrogen-bond acceptors (Lipinski definition) is 2. The lowest BCUT2D eigenvalue weighted by molar-refractivity contribution is 0.580. The smallest absolute Gasteiger partial charge is 0.129 e. The molecule has 17 heavy (non-hydrogen) atoms. The van der Waals surface area contributed by atoms with Crippen molar-refractivity contribution in [2.24, 2.45) is 12.8 Å². The highest BCUT2D eigenvalue weighted by molar-refractivity contribution is 6.31. The molecule has 2 rings (SSSR count). The minimum Gasteiger partial charge on any atom is -0.324 e. The third-order valence-corrected chi connectivity index (χ3v) is 2.91. The highest BCUT2D eigenvalue weighted by Gasteiger charge is 2.16. The summed E-state index contributed by atoms with van der Waals surface area (Å²) in [4.78, 5) is 0. The van der Waals surface area contributed by atoms with Crippen molar-refractivity contribution >= 4 is 11.6 Å². The van der Waals surface area contributed by atoms with Gasteiger partial charge in [-0.1, -0.05) is 17.7 Å². The molecule has 0 aliphatic heterocycles. The van der Waals surface area contributed by atoms with Crippen LogP contribution in [0.15, 0.2) is 30.6 Å². The first-order chi connectivity index (χ1) is 8.08. The first kappa shape index (κ1) is 12.1. The van der Waals surface area contributed by atoms with Crippen molar-refractivity contribution < 1.29 is 4.39 Å². The molecule has 5 heteroatoms. The molecule has 3 nitrogen and oxygen atoms in total. The summed E-state index contributed by atoms with van der Waals surface area (Å²) in [6.45, 7) is 0. The summed E-state index contributed by atoms with van der Waals surface area (Å²) < 4.78 is 15.3. The quantitative estimate of drug-likeness (QED) is 0.913. The molecule has 1 atom stereocenters. The van der Waals surface area contributed by atoms with Gasteiger partial charge in [0.25, 0.3) is 0 Å². The third-order valence-electron chi connectivity index (χ3n) is 2.58. The fourth-order valence-corrected chi connectivity index (χ4v) is 2.10. The van der Waals surface area contributed by atoms with E-state index in [0.29, 0.717) is 17.0 Å². The average Bonchev–Trinajstić information content (AvgIpc) is 2.63. The van der Waals surface area contributed by atoms with Crippen molar-refractivity contribution in [1.29, 1.82) is 0 Å². The number of aryl methyl sites for hydroxylation is 1. The summed E-state index contributed by atoms with van der Waals surface area (Å²) >= 11 is 5.95. The van der Waals surface area contributed by atoms with E-state index in [4.69, 9.17) is 17.3 Å². The lowest BCUT2D eigenvalue weighted by atomic mass is 10.0. The van der Waals surface area contributed by atoms with Crippen LogP contribution in [-0.2, 0) is 13.5 Å². The SMILES string of the molecule is Cn1cc(CC(N)c2c(F)cccc2Cl)cn1. The largest absolute Gasteiger partial charge is 0.324 e. The number of nitrogens with zero attached hydrogens (tertiary/aromatic N) is 2. The van der Waals surface area contributed by atoms with E-state index in [9.17, 15) is 4.39 Å². The van der Waals surface area contributed by atoms with Gasteiger partial charge in [0.05, 0.1) is 6.20 Å². The van der Waals surface area contributed by atoms with E-state index >= 15 is 0 Å². The zero-order chi connectivity index (χ0) is 12.4. The Bertz CT molecular complexity index is 504. The van der Waals surface area contributed by atoms with Gasteiger partial charge in [-0.2, -0.15) is 5.10 Å². The summed E-state index contributed by atoms with van der Waals surface area (Å²) in [7, 11) is 1.82. The van der Waals surface area contributed by atoms with E-state index in [-0.39, 0.29) is 5.82 Å². The maximum Gasteiger partial charge on any atom is 0.129 e. The predicted octanol–water partition coefficient (Wildman–Crippen LogP) is 2.46. The van der Waals surface area contributed by atoms with Gasteiger partial charge in [0.15, 0.2) is 0 Å². The van der Waals surface area contributed by atoms with Crippen molar-refractivity contribution in [3.63, 3.8) is 0 Å². The van der Waals surface area contributed by atoms with Crippen LogP contribution < -0.4 is 5.73 Å². The summed E-state index contributed by atoms with van der Waals surface area (Å²) in [5, 5.41) is 4.40. The molecule has 0 bridgehead atoms. The molecule has 0 saturated carbocycles. The highest BCUT2D eigenvalue weighted by Crippen LogP contribution is 2.26. The van der Waals surface area contributed by atoms with E-state index < -0.39 is 6.04 Å². The van der Waals surface area contributed by atoms with Crippen molar-refractivity contribution in [2.75, 3.05) is 0 Å². The standard InChI is InChI=1S/C12H13ClFN3/c1-17-7-8(6-16-17)5-11(15)12-9(13)3-2-4-10(12)14/h2-4,6-7,11H,5,15H2,1H3. The van der Waals surface area contributed by atoms with Gasteiger partial charge in [0.1, 0.15) is 5.82 Å². The maximum atomic E-state index is 13.6. The topological polar surface area (TPSA) is 43.8 Å². The van der Waals surface area contributed by atoms with Crippen molar-refractivity contribution in [2.45, 2.75) is 12.5 Å². The first-order valence-electron chi connectivity index (χ1n) is 5.25. The van der Waals surface area contributed by atoms with Gasteiger partial charge < -0.3 is 5.73 Å². The number of hydrogen-bond donors (Lipinski definition) is 1. The summed E-state index contributed by atoms with van der Waals surface area (Å²) in [5.41, 5.74) is 7.29. The van der Waals surface area contributed by atoms with Crippen molar-refractivity contribution in [1.82, 2.24) is 9.78 Å². The van der Waals surface area contributed by atoms with Crippen LogP contribution in [0.2, 0.25) is 5.02 Å². The number of rotatable bonds is 3. The second kappa shape index (κ2) is 4.85. The fourth-order valence-electron chi connectivity index (χ4n) is 1.80. The Morgan fingerprint density at radius 1 is 1.53 bits per heavy atom. The van der Waals surface area contributed by atoms with E-state index in [1.807, 2.05) is 13.2 Å². The molecule has 0 aliphatic carbocycles. The molecule has 1 heterocycles. The van der Waals surface area contributed by atoms with Crippen LogP contribution in [0.3, 0.4) is 0 Å². The minimum atomic E-state index is -0.465. The molecule has 1 aromatic heterocycles. The molecule has 90 valence electrons. The Balaban J connectivity index is 2.22. The predicted molar refractivity (Wildman–Crippen MR) is 65.3 cm³/mol. The molecule has 0 aliphatic rings. The van der Waals surface area contributed by atoms with E-state index in [1.54, 1.807) is 23.0 Å². The lowest BCUT2D eigenvalue weighted by Crippen LogP contribution is -2.15. The molecule has 0 saturated heterocycles. The second-order valence-electron chi connectivity index (χ2n) is 3.97. The number of benzene rings is 1. The highest BCUT2D eigenvalue weighted by atomic mass is 35.5. The van der Waals surface area contributed by atoms with Gasteiger partial charge in [-0.15, -0.1) is 0 Å². The van der Waals surface area contributed by atoms with Crippen molar-refractivity contribution in [3.8, 4) is 0 Å². The van der Waals surface area contributed by atoms with Crippen LogP contribution in [0.1, 0.15) is 17.2 Å². The average molecular weight is 254 g/mol. The van der Waals surface area contributed by atoms with E-state index in [0.717, 1.165) is 5.56 Å². The summed E-state index contributed by atoms with van der Waals surface area (Å²) in [5.74, 6) is -0.367. The zero-order valence-corrected chi connectivity index (χ0v) is 10.2. The number of nitrogens with two attached hydrogens (primary N) is 1. The normalized spacial score (nSPS) is 12.7. The summed E-state index contributed by atoms with van der Waals surface area (Å²) in [6, 6.07) is 4.11. The van der Waals surface area contributed by atoms with Gasteiger partial charge in [0, 0.05) is 29.9 Å². The molecule has 2 aromatic rings. The third kappa shape index (κ3) is 2.65. The second-order valence-corrected chi connectivity index (χ2v) is 4.38. The lowest BCUT2D eigenvalue weighted by Gasteiger charge is -2.13. The molecule has 1 aromatic carbocycles. The van der Waals surface area contributed by atoms with E-state index in [1.165, 1.54) is 6.07 Å². The minimum absolute atomic E-state index is 0.359. The van der Waals surface area contributed by atoms with Gasteiger partial charge in [-0.05, 0) is 24.1 Å². The van der Waals surface area contributed by atoms with Crippen LogP contribution in [0.25, 0.3) is 0 Å². The monoisotopic (exact) mass is 253 g/mol. The number of aromatic nitrogens is 2. The Hall–Kier alpha value is -1.39. The van der Waals surface area contributed by atoms with Crippen LogP contribution in [0.4, 0.5) is 4.39 Å². The van der Waals surface area contributed by atoms with Gasteiger partial charge in [-0.25, -0.2) is 4.39 Å². The fraction of sp³-hybridized carbons (Fsp3) is 0.250. The molecule has 2 N–H and O–H groups in total. The Kier molecular flexibility index (Phi) is 3.45. The number of halogens is 2. The zero-order valence-electron chi connectivity index (χ0n) is 9.40. The molecule has 0 spiro atoms. The van der Waals surface area contributed by atoms with Gasteiger partial charge in [-0.3, -0.25) is 4.68 Å². The molecule has 0 amide bonds. The molecular formula is C12H13ClFN3. The molecule has 0 fully saturated rings. The van der Waals surface area contributed by atoms with Crippen LogP contribution in [0, 0.1) is 5.82 Å². The Morgan fingerprint density at radius 2 is 2.29 bits per heavy atom. The molecule has 0 radical (unpaired) electrons. The van der Waals surface area contributed by atoms with Crippen LogP contribution in [0.5, 0.6) is 0 Å². The summed E-state index contributed by atoms with van der Waals surface area (Å²) in [6.07, 6.45) is 4.08. The molecule has 1 unspecified atom stereocenters. The van der Waals surface area contributed by atoms with Crippen molar-refractivity contribution in [3.05, 3.63) is 52.6 Å². The first-order valence-corrected chi connectivity index (χ1v) is 5.62. The maximum absolute atomic E-state index is 13.6. The Morgan fingerprint density at radius 3 is 2.88 bits per heavy atom. The Labute approximate surface area is 104 Å². The molecular weight excluding hydrogens is 241 g/mol.